The van der Waals surface area contributed by atoms with Crippen LogP contribution in [0.2, 0.25) is 0 Å². The highest BCUT2D eigenvalue weighted by molar-refractivity contribution is 5.78. The first-order valence-corrected chi connectivity index (χ1v) is 7.68. The van der Waals surface area contributed by atoms with Gasteiger partial charge in [0.2, 0.25) is 5.91 Å². The number of nitrogens with one attached hydrogen (secondary N) is 1. The van der Waals surface area contributed by atoms with Gasteiger partial charge in [0.15, 0.2) is 0 Å². The Hall–Kier alpha value is -1.14. The number of carboxylic acids is 1. The van der Waals surface area contributed by atoms with E-state index in [9.17, 15) is 14.7 Å². The number of carbonyl (C=O) groups excluding carboxylic acids is 1. The van der Waals surface area contributed by atoms with Crippen molar-refractivity contribution in [3.8, 4) is 0 Å². The lowest BCUT2D eigenvalue weighted by Gasteiger charge is -2.29. The van der Waals surface area contributed by atoms with Crippen molar-refractivity contribution in [2.24, 2.45) is 5.41 Å². The van der Waals surface area contributed by atoms with Crippen LogP contribution in [0, 0.1) is 5.41 Å². The molecule has 0 aromatic heterocycles. The Morgan fingerprint density at radius 3 is 2.43 bits per heavy atom. The van der Waals surface area contributed by atoms with Gasteiger partial charge in [-0.05, 0) is 25.2 Å². The Balaban J connectivity index is 1.87. The van der Waals surface area contributed by atoms with E-state index >= 15 is 0 Å². The minimum Gasteiger partial charge on any atom is -0.481 e. The predicted octanol–water partition coefficient (Wildman–Crippen LogP) is 1.07. The SMILES string of the molecule is CC1OCCC1(O)CNC(=O)CC1(CC(=O)O)CCCC1. The number of aliphatic carboxylic acids is 1. The standard InChI is InChI=1S/C15H25NO5/c1-11-15(20,6-7-21-11)10-16-12(17)8-14(9-13(18)19)4-2-3-5-14/h11,20H,2-10H2,1H3,(H,16,17)(H,18,19). The smallest absolute Gasteiger partial charge is 0.303 e. The lowest BCUT2D eigenvalue weighted by atomic mass is 9.79. The van der Waals surface area contributed by atoms with E-state index in [1.165, 1.54) is 0 Å². The molecule has 2 atom stereocenters. The lowest BCUT2D eigenvalue weighted by Crippen LogP contribution is -2.48. The average molecular weight is 299 g/mol. The Kier molecular flexibility index (Phi) is 4.88. The zero-order valence-electron chi connectivity index (χ0n) is 12.6. The molecule has 2 unspecified atom stereocenters. The second-order valence-corrected chi connectivity index (χ2v) is 6.60. The number of ether oxygens (including phenoxy) is 1. The van der Waals surface area contributed by atoms with E-state index in [2.05, 4.69) is 5.32 Å². The van der Waals surface area contributed by atoms with E-state index in [0.29, 0.717) is 13.0 Å². The molecule has 0 aromatic carbocycles. The Morgan fingerprint density at radius 2 is 1.90 bits per heavy atom. The van der Waals surface area contributed by atoms with Gasteiger partial charge in [0.05, 0.1) is 12.5 Å². The highest BCUT2D eigenvalue weighted by Crippen LogP contribution is 2.44. The number of carboxylic acid groups (broad SMARTS) is 1. The van der Waals surface area contributed by atoms with Crippen molar-refractivity contribution >= 4 is 11.9 Å². The van der Waals surface area contributed by atoms with Crippen molar-refractivity contribution < 1.29 is 24.5 Å². The maximum atomic E-state index is 12.1. The van der Waals surface area contributed by atoms with Gasteiger partial charge in [0.1, 0.15) is 5.60 Å². The van der Waals surface area contributed by atoms with Gasteiger partial charge in [-0.25, -0.2) is 0 Å². The second-order valence-electron chi connectivity index (χ2n) is 6.60. The van der Waals surface area contributed by atoms with Gasteiger partial charge in [-0.1, -0.05) is 12.8 Å². The van der Waals surface area contributed by atoms with Gasteiger partial charge < -0.3 is 20.3 Å². The molecule has 21 heavy (non-hydrogen) atoms. The third-order valence-electron chi connectivity index (χ3n) is 4.98. The van der Waals surface area contributed by atoms with Crippen molar-refractivity contribution in [2.45, 2.75) is 63.6 Å². The maximum Gasteiger partial charge on any atom is 0.303 e. The molecule has 1 amide bonds. The molecule has 120 valence electrons. The first kappa shape index (κ1) is 16.2. The lowest BCUT2D eigenvalue weighted by molar-refractivity contribution is -0.140. The van der Waals surface area contributed by atoms with E-state index in [0.717, 1.165) is 25.7 Å². The fraction of sp³-hybridized carbons (Fsp3) is 0.867. The molecular formula is C15H25NO5. The summed E-state index contributed by atoms with van der Waals surface area (Å²) in [6.07, 6.45) is 4.03. The third-order valence-corrected chi connectivity index (χ3v) is 4.98. The van der Waals surface area contributed by atoms with Crippen LogP contribution in [0.3, 0.4) is 0 Å². The molecule has 1 aliphatic carbocycles. The summed E-state index contributed by atoms with van der Waals surface area (Å²) in [6.45, 7) is 2.45. The van der Waals surface area contributed by atoms with E-state index in [-0.39, 0.29) is 31.4 Å². The molecule has 6 heteroatoms. The average Bonchev–Trinajstić information content (AvgIpc) is 2.95. The predicted molar refractivity (Wildman–Crippen MR) is 75.8 cm³/mol. The fourth-order valence-electron chi connectivity index (χ4n) is 3.52. The molecule has 1 saturated carbocycles. The highest BCUT2D eigenvalue weighted by Gasteiger charge is 2.41. The molecule has 0 aromatic rings. The summed E-state index contributed by atoms with van der Waals surface area (Å²) in [5, 5.41) is 22.1. The van der Waals surface area contributed by atoms with Crippen LogP contribution in [-0.4, -0.2) is 46.9 Å². The van der Waals surface area contributed by atoms with Crippen molar-refractivity contribution in [1.29, 1.82) is 0 Å². The number of rotatable bonds is 6. The number of carbonyl (C=O) groups is 2. The first-order valence-electron chi connectivity index (χ1n) is 7.68. The van der Waals surface area contributed by atoms with Crippen LogP contribution >= 0.6 is 0 Å². The Morgan fingerprint density at radius 1 is 1.24 bits per heavy atom. The van der Waals surface area contributed by atoms with Crippen LogP contribution < -0.4 is 5.32 Å². The van der Waals surface area contributed by atoms with Gasteiger partial charge in [0, 0.05) is 26.0 Å². The summed E-state index contributed by atoms with van der Waals surface area (Å²) in [5.74, 6) is -1.02. The first-order chi connectivity index (χ1) is 9.85. The molecule has 1 heterocycles. The van der Waals surface area contributed by atoms with Crippen LogP contribution in [0.5, 0.6) is 0 Å². The Labute approximate surface area is 124 Å². The highest BCUT2D eigenvalue weighted by atomic mass is 16.5. The van der Waals surface area contributed by atoms with Gasteiger partial charge in [0.25, 0.3) is 0 Å². The zero-order valence-corrected chi connectivity index (χ0v) is 12.6. The monoisotopic (exact) mass is 299 g/mol. The number of aliphatic hydroxyl groups is 1. The van der Waals surface area contributed by atoms with Gasteiger partial charge in [-0.3, -0.25) is 9.59 Å². The van der Waals surface area contributed by atoms with Gasteiger partial charge in [-0.2, -0.15) is 0 Å². The quantitative estimate of drug-likeness (QED) is 0.682. The van der Waals surface area contributed by atoms with Gasteiger partial charge >= 0.3 is 5.97 Å². The van der Waals surface area contributed by atoms with E-state index < -0.39 is 17.0 Å². The summed E-state index contributed by atoms with van der Waals surface area (Å²) in [7, 11) is 0. The van der Waals surface area contributed by atoms with Gasteiger partial charge in [-0.15, -0.1) is 0 Å². The van der Waals surface area contributed by atoms with Crippen molar-refractivity contribution in [3.05, 3.63) is 0 Å². The topological polar surface area (TPSA) is 95.9 Å². The number of hydrogen-bond acceptors (Lipinski definition) is 4. The molecule has 0 bridgehead atoms. The zero-order chi connectivity index (χ0) is 15.5. The molecule has 2 fully saturated rings. The molecule has 2 aliphatic rings. The van der Waals surface area contributed by atoms with Crippen molar-refractivity contribution in [3.63, 3.8) is 0 Å². The van der Waals surface area contributed by atoms with Crippen molar-refractivity contribution in [2.75, 3.05) is 13.2 Å². The summed E-state index contributed by atoms with van der Waals surface area (Å²) in [6, 6.07) is 0. The molecule has 3 N–H and O–H groups in total. The molecular weight excluding hydrogens is 274 g/mol. The van der Waals surface area contributed by atoms with Crippen LogP contribution in [-0.2, 0) is 14.3 Å². The van der Waals surface area contributed by atoms with Crippen LogP contribution in [0.4, 0.5) is 0 Å². The second kappa shape index (κ2) is 6.32. The van der Waals surface area contributed by atoms with Crippen LogP contribution in [0.15, 0.2) is 0 Å². The fourth-order valence-corrected chi connectivity index (χ4v) is 3.52. The molecule has 0 radical (unpaired) electrons. The van der Waals surface area contributed by atoms with Crippen LogP contribution in [0.25, 0.3) is 0 Å². The summed E-state index contributed by atoms with van der Waals surface area (Å²) >= 11 is 0. The molecule has 6 nitrogen and oxygen atoms in total. The van der Waals surface area contributed by atoms with Crippen molar-refractivity contribution in [1.82, 2.24) is 5.32 Å². The van der Waals surface area contributed by atoms with E-state index in [1.807, 2.05) is 0 Å². The molecule has 1 aliphatic heterocycles. The van der Waals surface area contributed by atoms with E-state index in [1.54, 1.807) is 6.92 Å². The van der Waals surface area contributed by atoms with Crippen LogP contribution in [0.1, 0.15) is 51.9 Å². The number of amides is 1. The summed E-state index contributed by atoms with van der Waals surface area (Å²) < 4.78 is 5.33. The molecule has 1 saturated heterocycles. The molecule has 2 rings (SSSR count). The summed E-state index contributed by atoms with van der Waals surface area (Å²) in [4.78, 5) is 23.2. The maximum absolute atomic E-state index is 12.1. The summed E-state index contributed by atoms with van der Waals surface area (Å²) in [5.41, 5.74) is -1.42. The largest absolute Gasteiger partial charge is 0.481 e. The number of hydrogen-bond donors (Lipinski definition) is 3. The minimum atomic E-state index is -1.01. The third kappa shape index (κ3) is 3.95. The normalized spacial score (nSPS) is 31.2. The molecule has 0 spiro atoms. The van der Waals surface area contributed by atoms with E-state index in [4.69, 9.17) is 9.84 Å². The Bertz CT molecular complexity index is 405. The minimum absolute atomic E-state index is 0.0458.